The highest BCUT2D eigenvalue weighted by Crippen LogP contribution is 2.38. The molecule has 1 saturated heterocycles. The minimum absolute atomic E-state index is 0.0763. The van der Waals surface area contributed by atoms with Crippen molar-refractivity contribution in [1.82, 2.24) is 9.62 Å². The molecule has 0 spiro atoms. The molecule has 0 radical (unpaired) electrons. The van der Waals surface area contributed by atoms with Gasteiger partial charge in [0.2, 0.25) is 16.0 Å². The van der Waals surface area contributed by atoms with Gasteiger partial charge in [0, 0.05) is 12.6 Å². The number of fused-ring (bicyclic) bond motifs is 5. The fourth-order valence-electron chi connectivity index (χ4n) is 4.92. The van der Waals surface area contributed by atoms with Crippen molar-refractivity contribution >= 4 is 15.9 Å². The van der Waals surface area contributed by atoms with E-state index in [-0.39, 0.29) is 25.2 Å². The van der Waals surface area contributed by atoms with Crippen LogP contribution in [0.2, 0.25) is 0 Å². The highest BCUT2D eigenvalue weighted by Gasteiger charge is 2.38. The van der Waals surface area contributed by atoms with E-state index in [1.807, 2.05) is 18.2 Å². The number of sulfonamides is 1. The van der Waals surface area contributed by atoms with E-state index < -0.39 is 28.1 Å². The number of benzene rings is 1. The van der Waals surface area contributed by atoms with E-state index in [0.29, 0.717) is 25.3 Å². The van der Waals surface area contributed by atoms with E-state index in [2.05, 4.69) is 10.8 Å². The number of rotatable bonds is 3. The first kappa shape index (κ1) is 21.5. The molecule has 30 heavy (non-hydrogen) atoms. The Labute approximate surface area is 177 Å². The molecule has 1 amide bonds. The van der Waals surface area contributed by atoms with E-state index in [4.69, 9.17) is 9.47 Å². The van der Waals surface area contributed by atoms with E-state index >= 15 is 0 Å². The normalized spacial score (nSPS) is 30.3. The van der Waals surface area contributed by atoms with Crippen LogP contribution in [0, 0.1) is 0 Å². The molecule has 4 aliphatic rings. The van der Waals surface area contributed by atoms with Crippen molar-refractivity contribution in [2.75, 3.05) is 25.8 Å². The third kappa shape index (κ3) is 4.78. The Morgan fingerprint density at radius 1 is 1.13 bits per heavy atom. The molecule has 166 valence electrons. The zero-order valence-corrected chi connectivity index (χ0v) is 17.8. The molecular formula is C21H29FN2O5S. The van der Waals surface area contributed by atoms with Crippen molar-refractivity contribution < 1.29 is 27.1 Å². The maximum absolute atomic E-state index is 13.0. The summed E-state index contributed by atoms with van der Waals surface area (Å²) in [6.45, 7) is 0.610. The third-order valence-electron chi connectivity index (χ3n) is 6.46. The van der Waals surface area contributed by atoms with Gasteiger partial charge in [-0.25, -0.2) is 17.5 Å². The summed E-state index contributed by atoms with van der Waals surface area (Å²) < 4.78 is 51.2. The molecule has 7 nitrogen and oxygen atoms in total. The molecule has 1 aromatic carbocycles. The lowest BCUT2D eigenvalue weighted by Crippen LogP contribution is -2.60. The average molecular weight is 441 g/mol. The zero-order valence-electron chi connectivity index (χ0n) is 17.0. The Balaban J connectivity index is 1.60. The molecule has 3 aliphatic heterocycles. The molecule has 2 bridgehead atoms. The lowest BCUT2D eigenvalue weighted by atomic mass is 9.82. The highest BCUT2D eigenvalue weighted by molar-refractivity contribution is 7.89. The zero-order chi connectivity index (χ0) is 21.1. The molecule has 2 fully saturated rings. The molecule has 9 heteroatoms. The van der Waals surface area contributed by atoms with Gasteiger partial charge in [0.05, 0.1) is 18.8 Å². The minimum atomic E-state index is -4.04. The summed E-state index contributed by atoms with van der Waals surface area (Å²) in [6.07, 6.45) is 5.00. The summed E-state index contributed by atoms with van der Waals surface area (Å²) in [7, 11) is -4.04. The largest absolute Gasteiger partial charge is 0.483 e. The van der Waals surface area contributed by atoms with Crippen LogP contribution >= 0.6 is 0 Å². The summed E-state index contributed by atoms with van der Waals surface area (Å²) >= 11 is 0. The Morgan fingerprint density at radius 2 is 1.90 bits per heavy atom. The highest BCUT2D eigenvalue weighted by atomic mass is 32.2. The number of halogens is 1. The van der Waals surface area contributed by atoms with Crippen LogP contribution in [0.4, 0.5) is 4.39 Å². The van der Waals surface area contributed by atoms with Crippen LogP contribution in [0.15, 0.2) is 24.3 Å². The molecule has 5 rings (SSSR count). The Kier molecular flexibility index (Phi) is 6.60. The Hall–Kier alpha value is -1.71. The maximum Gasteiger partial charge on any atom is 0.260 e. The first-order valence-electron chi connectivity index (χ1n) is 10.7. The number of nitrogens with one attached hydrogen (secondary N) is 1. The Morgan fingerprint density at radius 3 is 2.67 bits per heavy atom. The van der Waals surface area contributed by atoms with Gasteiger partial charge in [-0.2, -0.15) is 0 Å². The van der Waals surface area contributed by atoms with Gasteiger partial charge in [-0.15, -0.1) is 0 Å². The summed E-state index contributed by atoms with van der Waals surface area (Å²) in [5, 5.41) is 0. The second-order valence-corrected chi connectivity index (χ2v) is 10.1. The number of para-hydroxylation sites is 1. The van der Waals surface area contributed by atoms with Gasteiger partial charge in [0.15, 0.2) is 6.61 Å². The van der Waals surface area contributed by atoms with Crippen molar-refractivity contribution in [2.24, 2.45) is 0 Å². The second-order valence-electron chi connectivity index (χ2n) is 8.38. The molecule has 2 atom stereocenters. The molecule has 0 unspecified atom stereocenters. The molecule has 3 heterocycles. The topological polar surface area (TPSA) is 84.9 Å². The van der Waals surface area contributed by atoms with Gasteiger partial charge in [0.25, 0.3) is 5.91 Å². The van der Waals surface area contributed by atoms with Gasteiger partial charge in [-0.1, -0.05) is 18.2 Å². The van der Waals surface area contributed by atoms with Crippen LogP contribution in [0.5, 0.6) is 5.75 Å². The number of hydrogen-bond donors (Lipinski definition) is 1. The van der Waals surface area contributed by atoms with Gasteiger partial charge in [0.1, 0.15) is 5.75 Å². The van der Waals surface area contributed by atoms with Crippen LogP contribution in [0.3, 0.4) is 0 Å². The first-order valence-corrected chi connectivity index (χ1v) is 12.3. The molecule has 1 aromatic rings. The van der Waals surface area contributed by atoms with Crippen molar-refractivity contribution in [3.05, 3.63) is 29.8 Å². The van der Waals surface area contributed by atoms with Crippen LogP contribution in [-0.2, 0) is 19.6 Å². The molecular weight excluding hydrogens is 411 g/mol. The number of amides is 1. The minimum Gasteiger partial charge on any atom is -0.483 e. The van der Waals surface area contributed by atoms with E-state index in [0.717, 1.165) is 37.0 Å². The number of ether oxygens (including phenoxy) is 2. The average Bonchev–Trinajstić information content (AvgIpc) is 2.78. The summed E-state index contributed by atoms with van der Waals surface area (Å²) in [6, 6.07) is 5.33. The van der Waals surface area contributed by atoms with Gasteiger partial charge >= 0.3 is 0 Å². The molecule has 0 aromatic heterocycles. The van der Waals surface area contributed by atoms with Crippen molar-refractivity contribution in [1.29, 1.82) is 0 Å². The van der Waals surface area contributed by atoms with Gasteiger partial charge in [-0.3, -0.25) is 4.79 Å². The van der Waals surface area contributed by atoms with E-state index in [1.54, 1.807) is 4.90 Å². The smallest absolute Gasteiger partial charge is 0.260 e. The number of carbonyl (C=O) groups is 1. The van der Waals surface area contributed by atoms with Crippen molar-refractivity contribution in [3.63, 3.8) is 0 Å². The second kappa shape index (κ2) is 9.20. The number of hydrogen-bond acceptors (Lipinski definition) is 5. The summed E-state index contributed by atoms with van der Waals surface area (Å²) in [5.74, 6) is 0.899. The standard InChI is InChI=1S/C21H29FN2O5S/c22-14-30(26,27)23-18-5-3-11-24-19(18)12-28-16-9-7-15(8-10-16)17-4-1-2-6-20(17)29-13-21(24)25/h1-2,4,6,15-16,18-19,23H,3,5,7-14H2/t15?,16?,18-,19-/m0/s1. The summed E-state index contributed by atoms with van der Waals surface area (Å²) in [5.41, 5.74) is 1.13. The number of nitrogens with zero attached hydrogens (tertiary/aromatic N) is 1. The van der Waals surface area contributed by atoms with Crippen LogP contribution in [0.25, 0.3) is 0 Å². The van der Waals surface area contributed by atoms with E-state index in [9.17, 15) is 17.6 Å². The van der Waals surface area contributed by atoms with E-state index in [1.165, 1.54) is 0 Å². The number of alkyl halides is 1. The molecule has 1 aliphatic carbocycles. The lowest BCUT2D eigenvalue weighted by molar-refractivity contribution is -0.140. The predicted molar refractivity (Wildman–Crippen MR) is 109 cm³/mol. The predicted octanol–water partition coefficient (Wildman–Crippen LogP) is 2.33. The van der Waals surface area contributed by atoms with Crippen molar-refractivity contribution in [2.45, 2.75) is 62.6 Å². The van der Waals surface area contributed by atoms with Gasteiger partial charge in [-0.05, 0) is 56.1 Å². The van der Waals surface area contributed by atoms with Crippen LogP contribution < -0.4 is 9.46 Å². The first-order chi connectivity index (χ1) is 14.5. The SMILES string of the molecule is O=C1COc2ccccc2C2CCC(CC2)OC[C@H]2[C@@H](NS(=O)(=O)CF)CCCN12. The lowest BCUT2D eigenvalue weighted by Gasteiger charge is -2.41. The monoisotopic (exact) mass is 440 g/mol. The molecule has 1 N–H and O–H groups in total. The van der Waals surface area contributed by atoms with Gasteiger partial charge < -0.3 is 14.4 Å². The fraction of sp³-hybridized carbons (Fsp3) is 0.667. The van der Waals surface area contributed by atoms with Crippen molar-refractivity contribution in [3.8, 4) is 5.75 Å². The maximum atomic E-state index is 13.0. The fourth-order valence-corrected chi connectivity index (χ4v) is 5.72. The number of piperidine rings is 1. The number of carbonyl (C=O) groups excluding carboxylic acids is 1. The third-order valence-corrected chi connectivity index (χ3v) is 7.41. The Bertz CT molecular complexity index is 857. The quantitative estimate of drug-likeness (QED) is 0.780. The van der Waals surface area contributed by atoms with Crippen LogP contribution in [-0.4, -0.2) is 63.2 Å². The van der Waals surface area contributed by atoms with Crippen LogP contribution in [0.1, 0.15) is 50.0 Å². The summed E-state index contributed by atoms with van der Waals surface area (Å²) in [4.78, 5) is 14.7. The molecule has 1 saturated carbocycles.